The largest absolute Gasteiger partial charge is 0.397 e. The fourth-order valence-electron chi connectivity index (χ4n) is 2.41. The lowest BCUT2D eigenvalue weighted by atomic mass is 9.96. The second-order valence-electron chi connectivity index (χ2n) is 5.12. The maximum atomic E-state index is 10.4. The van der Waals surface area contributed by atoms with Crippen molar-refractivity contribution in [3.8, 4) is 0 Å². The molecule has 0 saturated carbocycles. The van der Waals surface area contributed by atoms with Gasteiger partial charge in [0.2, 0.25) is 0 Å². The summed E-state index contributed by atoms with van der Waals surface area (Å²) in [6.07, 6.45) is 2.20. The van der Waals surface area contributed by atoms with E-state index in [1.807, 2.05) is 19.1 Å². The molecule has 2 unspecified atom stereocenters. The second kappa shape index (κ2) is 4.40. The van der Waals surface area contributed by atoms with Crippen LogP contribution in [0, 0.1) is 0 Å². The summed E-state index contributed by atoms with van der Waals surface area (Å²) in [6, 6.07) is 3.77. The minimum absolute atomic E-state index is 0.169. The van der Waals surface area contributed by atoms with E-state index in [-0.39, 0.29) is 6.10 Å². The van der Waals surface area contributed by atoms with Gasteiger partial charge in [0.1, 0.15) is 5.60 Å². The molecule has 0 amide bonds. The maximum Gasteiger partial charge on any atom is 0.110 e. The number of nitrogens with two attached hydrogens (primary N) is 1. The zero-order valence-electron chi connectivity index (χ0n) is 10.8. The minimum atomic E-state index is -0.838. The van der Waals surface area contributed by atoms with E-state index in [0.29, 0.717) is 25.3 Å². The van der Waals surface area contributed by atoms with Gasteiger partial charge in [-0.3, -0.25) is 5.10 Å². The van der Waals surface area contributed by atoms with Gasteiger partial charge in [-0.1, -0.05) is 0 Å². The van der Waals surface area contributed by atoms with Crippen LogP contribution in [-0.2, 0) is 4.74 Å². The lowest BCUT2D eigenvalue weighted by Crippen LogP contribution is -2.43. The Labute approximate surface area is 110 Å². The highest BCUT2D eigenvalue weighted by Crippen LogP contribution is 2.29. The third-order valence-corrected chi connectivity index (χ3v) is 3.85. The number of hydrogen-bond donors (Lipinski definition) is 4. The summed E-state index contributed by atoms with van der Waals surface area (Å²) in [5.41, 5.74) is 7.51. The van der Waals surface area contributed by atoms with Crippen LogP contribution < -0.4 is 11.1 Å². The minimum Gasteiger partial charge on any atom is -0.397 e. The summed E-state index contributed by atoms with van der Waals surface area (Å²) in [7, 11) is 0. The van der Waals surface area contributed by atoms with E-state index in [0.717, 1.165) is 16.6 Å². The number of nitrogen functional groups attached to an aromatic ring is 1. The van der Waals surface area contributed by atoms with Gasteiger partial charge in [-0.15, -0.1) is 0 Å². The zero-order chi connectivity index (χ0) is 13.5. The fraction of sp³-hybridized carbons (Fsp3) is 0.462. The first kappa shape index (κ1) is 12.3. The molecule has 1 aliphatic rings. The van der Waals surface area contributed by atoms with Crippen LogP contribution in [0.15, 0.2) is 18.3 Å². The van der Waals surface area contributed by atoms with Crippen molar-refractivity contribution in [3.05, 3.63) is 18.3 Å². The highest BCUT2D eigenvalue weighted by Gasteiger charge is 2.39. The number of H-pyrrole nitrogens is 1. The van der Waals surface area contributed by atoms with Gasteiger partial charge in [-0.05, 0) is 19.1 Å². The average molecular weight is 262 g/mol. The Hall–Kier alpha value is -1.79. The standard InChI is InChI=1S/C13H18N4O2/c1-8-13(18,2-3-19-8)7-15-12-5-11-9(4-10(12)14)6-16-17-11/h4-6,8,15,18H,2-3,7,14H2,1H3,(H,16,17). The molecule has 3 rings (SSSR count). The van der Waals surface area contributed by atoms with Gasteiger partial charge in [-0.2, -0.15) is 5.10 Å². The van der Waals surface area contributed by atoms with E-state index in [1.54, 1.807) is 6.20 Å². The Kier molecular flexibility index (Phi) is 2.83. The van der Waals surface area contributed by atoms with Gasteiger partial charge in [0.05, 0.1) is 29.2 Å². The molecule has 6 nitrogen and oxygen atoms in total. The summed E-state index contributed by atoms with van der Waals surface area (Å²) >= 11 is 0. The molecule has 6 heteroatoms. The molecule has 1 aliphatic heterocycles. The molecule has 1 fully saturated rings. The van der Waals surface area contributed by atoms with Crippen molar-refractivity contribution >= 4 is 22.3 Å². The van der Waals surface area contributed by atoms with Crippen molar-refractivity contribution in [1.82, 2.24) is 10.2 Å². The quantitative estimate of drug-likeness (QED) is 0.621. The van der Waals surface area contributed by atoms with Crippen molar-refractivity contribution in [2.24, 2.45) is 0 Å². The first-order valence-electron chi connectivity index (χ1n) is 6.39. The molecule has 0 spiro atoms. The van der Waals surface area contributed by atoms with Crippen LogP contribution in [0.3, 0.4) is 0 Å². The van der Waals surface area contributed by atoms with Crippen molar-refractivity contribution in [2.75, 3.05) is 24.2 Å². The van der Waals surface area contributed by atoms with Gasteiger partial charge < -0.3 is 20.9 Å². The van der Waals surface area contributed by atoms with Crippen LogP contribution in [0.5, 0.6) is 0 Å². The molecule has 1 aromatic heterocycles. The number of nitrogens with zero attached hydrogens (tertiary/aromatic N) is 1. The van der Waals surface area contributed by atoms with Crippen molar-refractivity contribution in [1.29, 1.82) is 0 Å². The SMILES string of the molecule is CC1OCCC1(O)CNc1cc2[nH]ncc2cc1N. The first-order valence-corrected chi connectivity index (χ1v) is 6.39. The van der Waals surface area contributed by atoms with Crippen molar-refractivity contribution in [3.63, 3.8) is 0 Å². The molecular weight excluding hydrogens is 244 g/mol. The summed E-state index contributed by atoms with van der Waals surface area (Å²) < 4.78 is 5.41. The van der Waals surface area contributed by atoms with E-state index in [4.69, 9.17) is 10.5 Å². The van der Waals surface area contributed by atoms with E-state index >= 15 is 0 Å². The molecule has 2 heterocycles. The normalized spacial score (nSPS) is 26.9. The predicted molar refractivity (Wildman–Crippen MR) is 74.0 cm³/mol. The fourth-order valence-corrected chi connectivity index (χ4v) is 2.41. The highest BCUT2D eigenvalue weighted by atomic mass is 16.5. The van der Waals surface area contributed by atoms with Gasteiger partial charge in [-0.25, -0.2) is 0 Å². The first-order chi connectivity index (χ1) is 9.08. The number of benzene rings is 1. The van der Waals surface area contributed by atoms with E-state index in [9.17, 15) is 5.11 Å². The highest BCUT2D eigenvalue weighted by molar-refractivity contribution is 5.88. The Balaban J connectivity index is 1.79. The second-order valence-corrected chi connectivity index (χ2v) is 5.12. The molecule has 0 aliphatic carbocycles. The van der Waals surface area contributed by atoms with E-state index in [1.165, 1.54) is 0 Å². The van der Waals surface area contributed by atoms with Crippen LogP contribution in [-0.4, -0.2) is 40.2 Å². The smallest absolute Gasteiger partial charge is 0.110 e. The third-order valence-electron chi connectivity index (χ3n) is 3.85. The maximum absolute atomic E-state index is 10.4. The van der Waals surface area contributed by atoms with Crippen LogP contribution in [0.4, 0.5) is 11.4 Å². The van der Waals surface area contributed by atoms with Gasteiger partial charge in [0.25, 0.3) is 0 Å². The van der Waals surface area contributed by atoms with Crippen LogP contribution in [0.2, 0.25) is 0 Å². The van der Waals surface area contributed by atoms with E-state index < -0.39 is 5.60 Å². The molecule has 1 saturated heterocycles. The number of nitrogens with one attached hydrogen (secondary N) is 2. The molecule has 0 radical (unpaired) electrons. The summed E-state index contributed by atoms with van der Waals surface area (Å²) in [6.45, 7) is 2.89. The van der Waals surface area contributed by atoms with Gasteiger partial charge in [0.15, 0.2) is 0 Å². The topological polar surface area (TPSA) is 96.2 Å². The Bertz CT molecular complexity index is 597. The third kappa shape index (κ3) is 2.13. The number of hydrogen-bond acceptors (Lipinski definition) is 5. The van der Waals surface area contributed by atoms with Crippen LogP contribution in [0.25, 0.3) is 10.9 Å². The Morgan fingerprint density at radius 2 is 2.47 bits per heavy atom. The van der Waals surface area contributed by atoms with Gasteiger partial charge in [0, 0.05) is 25.0 Å². The molecular formula is C13H18N4O2. The molecule has 2 atom stereocenters. The molecule has 19 heavy (non-hydrogen) atoms. The number of anilines is 2. The summed E-state index contributed by atoms with van der Waals surface area (Å²) in [5.74, 6) is 0. The van der Waals surface area contributed by atoms with E-state index in [2.05, 4.69) is 15.5 Å². The summed E-state index contributed by atoms with van der Waals surface area (Å²) in [4.78, 5) is 0. The Morgan fingerprint density at radius 3 is 3.21 bits per heavy atom. The number of aromatic nitrogens is 2. The number of aromatic amines is 1. The zero-order valence-corrected chi connectivity index (χ0v) is 10.8. The molecule has 1 aromatic carbocycles. The van der Waals surface area contributed by atoms with Crippen LogP contribution >= 0.6 is 0 Å². The molecule has 102 valence electrons. The van der Waals surface area contributed by atoms with Crippen molar-refractivity contribution in [2.45, 2.75) is 25.0 Å². The molecule has 2 aromatic rings. The number of aliphatic hydroxyl groups is 1. The monoisotopic (exact) mass is 262 g/mol. The van der Waals surface area contributed by atoms with Gasteiger partial charge >= 0.3 is 0 Å². The summed E-state index contributed by atoms with van der Waals surface area (Å²) in [5, 5.41) is 21.5. The molecule has 5 N–H and O–H groups in total. The number of fused-ring (bicyclic) bond motifs is 1. The predicted octanol–water partition coefficient (Wildman–Crippen LogP) is 1.10. The number of ether oxygens (including phenoxy) is 1. The Morgan fingerprint density at radius 1 is 1.63 bits per heavy atom. The lowest BCUT2D eigenvalue weighted by molar-refractivity contribution is -0.0175. The lowest BCUT2D eigenvalue weighted by Gasteiger charge is -2.27. The average Bonchev–Trinajstić information content (AvgIpc) is 2.94. The number of rotatable bonds is 3. The van der Waals surface area contributed by atoms with Crippen LogP contribution in [0.1, 0.15) is 13.3 Å². The molecule has 0 bridgehead atoms. The van der Waals surface area contributed by atoms with Crippen molar-refractivity contribution < 1.29 is 9.84 Å².